The average molecular weight is 435 g/mol. The number of sulfonamides is 2. The summed E-state index contributed by atoms with van der Waals surface area (Å²) in [4.78, 5) is -0.568. The summed E-state index contributed by atoms with van der Waals surface area (Å²) in [5.41, 5.74) is 0.914. The molecule has 0 saturated carbocycles. The van der Waals surface area contributed by atoms with E-state index in [1.54, 1.807) is 38.1 Å². The fourth-order valence-electron chi connectivity index (χ4n) is 2.42. The standard InChI is InChI=1S/C17H20ClFN2O4S2/c1-12(2)21-26(22,23)11-14-7-4-3-6-13(14)10-20-27(24,25)16-9-5-8-15(18)17(16)19/h3-9,12,20-21H,10-11H2,1-2H3. The van der Waals surface area contributed by atoms with E-state index in [-0.39, 0.29) is 23.4 Å². The normalized spacial score (nSPS) is 12.5. The fourth-order valence-corrected chi connectivity index (χ4v) is 5.25. The zero-order valence-corrected chi connectivity index (χ0v) is 17.1. The predicted molar refractivity (Wildman–Crippen MR) is 103 cm³/mol. The highest BCUT2D eigenvalue weighted by atomic mass is 35.5. The van der Waals surface area contributed by atoms with Crippen molar-refractivity contribution in [3.05, 3.63) is 64.4 Å². The quantitative estimate of drug-likeness (QED) is 0.668. The summed E-state index contributed by atoms with van der Waals surface area (Å²) in [6, 6.07) is 9.96. The molecule has 6 nitrogen and oxygen atoms in total. The molecule has 0 amide bonds. The summed E-state index contributed by atoms with van der Waals surface area (Å²) in [5.74, 6) is -1.34. The van der Waals surface area contributed by atoms with Crippen LogP contribution in [0.5, 0.6) is 0 Å². The summed E-state index contributed by atoms with van der Waals surface area (Å²) in [6.45, 7) is 3.22. The number of benzene rings is 2. The number of hydrogen-bond acceptors (Lipinski definition) is 4. The monoisotopic (exact) mass is 434 g/mol. The van der Waals surface area contributed by atoms with Gasteiger partial charge in [0.2, 0.25) is 20.0 Å². The average Bonchev–Trinajstić information content (AvgIpc) is 2.55. The van der Waals surface area contributed by atoms with Crippen molar-refractivity contribution in [3.63, 3.8) is 0 Å². The van der Waals surface area contributed by atoms with Gasteiger partial charge in [0.1, 0.15) is 4.90 Å². The maximum atomic E-state index is 14.0. The molecule has 27 heavy (non-hydrogen) atoms. The smallest absolute Gasteiger partial charge is 0.212 e. The van der Waals surface area contributed by atoms with Gasteiger partial charge < -0.3 is 0 Å². The second-order valence-corrected chi connectivity index (χ2v) is 10.1. The molecule has 0 heterocycles. The molecule has 0 unspecified atom stereocenters. The number of nitrogens with one attached hydrogen (secondary N) is 2. The molecule has 0 aliphatic heterocycles. The summed E-state index contributed by atoms with van der Waals surface area (Å²) >= 11 is 5.64. The summed E-state index contributed by atoms with van der Waals surface area (Å²) in [7, 11) is -7.74. The fraction of sp³-hybridized carbons (Fsp3) is 0.294. The van der Waals surface area contributed by atoms with E-state index >= 15 is 0 Å². The van der Waals surface area contributed by atoms with E-state index < -0.39 is 30.8 Å². The first-order valence-electron chi connectivity index (χ1n) is 8.02. The first kappa shape index (κ1) is 21.8. The van der Waals surface area contributed by atoms with Gasteiger partial charge in [0.05, 0.1) is 10.8 Å². The Hall–Kier alpha value is -1.52. The number of halogens is 2. The van der Waals surface area contributed by atoms with Crippen LogP contribution in [0.15, 0.2) is 47.4 Å². The zero-order chi connectivity index (χ0) is 20.2. The third-order valence-corrected chi connectivity index (χ3v) is 6.77. The molecule has 0 spiro atoms. The minimum Gasteiger partial charge on any atom is -0.212 e. The van der Waals surface area contributed by atoms with Gasteiger partial charge in [-0.2, -0.15) is 0 Å². The molecule has 0 aromatic heterocycles. The Morgan fingerprint density at radius 2 is 1.63 bits per heavy atom. The summed E-state index contributed by atoms with van der Waals surface area (Å²) in [5, 5.41) is -0.302. The molecule has 148 valence electrons. The molecular weight excluding hydrogens is 415 g/mol. The van der Waals surface area contributed by atoms with Crippen LogP contribution in [-0.2, 0) is 32.3 Å². The van der Waals surface area contributed by atoms with Gasteiger partial charge in [-0.25, -0.2) is 30.7 Å². The van der Waals surface area contributed by atoms with E-state index in [0.29, 0.717) is 11.1 Å². The maximum absolute atomic E-state index is 14.0. The van der Waals surface area contributed by atoms with Crippen LogP contribution in [-0.4, -0.2) is 22.9 Å². The van der Waals surface area contributed by atoms with Crippen molar-refractivity contribution in [2.24, 2.45) is 0 Å². The molecule has 0 bridgehead atoms. The van der Waals surface area contributed by atoms with Gasteiger partial charge in [0, 0.05) is 12.6 Å². The van der Waals surface area contributed by atoms with E-state index in [9.17, 15) is 21.2 Å². The first-order chi connectivity index (χ1) is 12.5. The molecule has 0 radical (unpaired) electrons. The van der Waals surface area contributed by atoms with Crippen LogP contribution in [0.4, 0.5) is 4.39 Å². The molecule has 10 heteroatoms. The van der Waals surface area contributed by atoms with Gasteiger partial charge in [0.15, 0.2) is 5.82 Å². The lowest BCUT2D eigenvalue weighted by atomic mass is 10.1. The van der Waals surface area contributed by atoms with Crippen LogP contribution in [0.25, 0.3) is 0 Å². The Bertz CT molecular complexity index is 1020. The molecule has 0 aliphatic rings. The lowest BCUT2D eigenvalue weighted by Gasteiger charge is -2.14. The maximum Gasteiger partial charge on any atom is 0.243 e. The highest BCUT2D eigenvalue weighted by Crippen LogP contribution is 2.22. The van der Waals surface area contributed by atoms with Gasteiger partial charge in [0.25, 0.3) is 0 Å². The Morgan fingerprint density at radius 1 is 1.00 bits per heavy atom. The highest BCUT2D eigenvalue weighted by Gasteiger charge is 2.21. The largest absolute Gasteiger partial charge is 0.243 e. The Balaban J connectivity index is 2.23. The van der Waals surface area contributed by atoms with Crippen molar-refractivity contribution in [2.75, 3.05) is 0 Å². The molecule has 2 aromatic rings. The van der Waals surface area contributed by atoms with Crippen LogP contribution in [0.1, 0.15) is 25.0 Å². The highest BCUT2D eigenvalue weighted by molar-refractivity contribution is 7.89. The zero-order valence-electron chi connectivity index (χ0n) is 14.7. The van der Waals surface area contributed by atoms with Crippen molar-refractivity contribution in [1.29, 1.82) is 0 Å². The predicted octanol–water partition coefficient (Wildman–Crippen LogP) is 2.79. The second-order valence-electron chi connectivity index (χ2n) is 6.18. The molecule has 0 aliphatic carbocycles. The van der Waals surface area contributed by atoms with Gasteiger partial charge in [-0.15, -0.1) is 0 Å². The van der Waals surface area contributed by atoms with E-state index in [4.69, 9.17) is 11.6 Å². The lowest BCUT2D eigenvalue weighted by Crippen LogP contribution is -2.32. The summed E-state index contributed by atoms with van der Waals surface area (Å²) < 4.78 is 67.8. The number of hydrogen-bond donors (Lipinski definition) is 2. The third kappa shape index (κ3) is 5.98. The molecule has 2 rings (SSSR count). The summed E-state index contributed by atoms with van der Waals surface area (Å²) in [6.07, 6.45) is 0. The molecule has 2 aromatic carbocycles. The van der Waals surface area contributed by atoms with Gasteiger partial charge in [-0.3, -0.25) is 0 Å². The van der Waals surface area contributed by atoms with Crippen molar-refractivity contribution < 1.29 is 21.2 Å². The van der Waals surface area contributed by atoms with Crippen LogP contribution >= 0.6 is 11.6 Å². The van der Waals surface area contributed by atoms with Crippen molar-refractivity contribution in [3.8, 4) is 0 Å². The molecular formula is C17H20ClFN2O4S2. The minimum atomic E-state index is -4.17. The van der Waals surface area contributed by atoms with Gasteiger partial charge in [-0.05, 0) is 37.1 Å². The Kier molecular flexibility index (Phi) is 6.98. The molecule has 0 fully saturated rings. The lowest BCUT2D eigenvalue weighted by molar-refractivity contribution is 0.557. The van der Waals surface area contributed by atoms with Crippen molar-refractivity contribution in [2.45, 2.75) is 37.1 Å². The van der Waals surface area contributed by atoms with Crippen molar-refractivity contribution >= 4 is 31.6 Å². The van der Waals surface area contributed by atoms with E-state index in [1.807, 2.05) is 0 Å². The van der Waals surface area contributed by atoms with Crippen LogP contribution in [0.3, 0.4) is 0 Å². The van der Waals surface area contributed by atoms with E-state index in [1.165, 1.54) is 12.1 Å². The SMILES string of the molecule is CC(C)NS(=O)(=O)Cc1ccccc1CNS(=O)(=O)c1cccc(Cl)c1F. The van der Waals surface area contributed by atoms with Crippen molar-refractivity contribution in [1.82, 2.24) is 9.44 Å². The minimum absolute atomic E-state index is 0.193. The third-order valence-electron chi connectivity index (χ3n) is 3.54. The first-order valence-corrected chi connectivity index (χ1v) is 11.5. The number of rotatable bonds is 8. The molecule has 0 saturated heterocycles. The Labute approximate surface area is 163 Å². The molecule has 0 atom stereocenters. The second kappa shape index (κ2) is 8.66. The van der Waals surface area contributed by atoms with E-state index in [0.717, 1.165) is 6.07 Å². The molecule has 2 N–H and O–H groups in total. The topological polar surface area (TPSA) is 92.3 Å². The van der Waals surface area contributed by atoms with Crippen LogP contribution in [0.2, 0.25) is 5.02 Å². The van der Waals surface area contributed by atoms with Crippen LogP contribution in [0, 0.1) is 5.82 Å². The van der Waals surface area contributed by atoms with E-state index in [2.05, 4.69) is 9.44 Å². The van der Waals surface area contributed by atoms with Gasteiger partial charge >= 0.3 is 0 Å². The van der Waals surface area contributed by atoms with Crippen LogP contribution < -0.4 is 9.44 Å². The Morgan fingerprint density at radius 3 is 2.26 bits per heavy atom. The van der Waals surface area contributed by atoms with Gasteiger partial charge in [-0.1, -0.05) is 41.9 Å².